The molecule has 1 unspecified atom stereocenters. The van der Waals surface area contributed by atoms with Gasteiger partial charge in [-0.05, 0) is 60.2 Å². The van der Waals surface area contributed by atoms with Gasteiger partial charge >= 0.3 is 0 Å². The zero-order valence-corrected chi connectivity index (χ0v) is 15.6. The van der Waals surface area contributed by atoms with Gasteiger partial charge in [-0.15, -0.1) is 0 Å². The maximum Gasteiger partial charge on any atom is 0.283 e. The van der Waals surface area contributed by atoms with Gasteiger partial charge in [-0.2, -0.15) is 0 Å². The third kappa shape index (κ3) is 2.11. The van der Waals surface area contributed by atoms with Crippen LogP contribution in [0, 0.1) is 3.57 Å². The summed E-state index contributed by atoms with van der Waals surface area (Å²) >= 11 is 6.05. The molecule has 0 bridgehead atoms. The number of nitrogens with zero attached hydrogens (tertiary/aromatic N) is 1. The summed E-state index contributed by atoms with van der Waals surface area (Å²) < 4.78 is 12.7. The first kappa shape index (κ1) is 14.6. The topological polar surface area (TPSA) is 56.8 Å². The Labute approximate surface area is 150 Å². The molecule has 1 aromatic rings. The van der Waals surface area contributed by atoms with Crippen LogP contribution in [0.5, 0.6) is 5.75 Å². The minimum Gasteiger partial charge on any atom is -0.462 e. The summed E-state index contributed by atoms with van der Waals surface area (Å²) in [5, 5.41) is 0. The molecule has 4 rings (SSSR count). The van der Waals surface area contributed by atoms with E-state index in [4.69, 9.17) is 15.2 Å². The fourth-order valence-electron chi connectivity index (χ4n) is 3.14. The highest BCUT2D eigenvalue weighted by Crippen LogP contribution is 2.52. The van der Waals surface area contributed by atoms with E-state index in [0.29, 0.717) is 6.61 Å². The summed E-state index contributed by atoms with van der Waals surface area (Å²) in [5.74, 6) is 1.68. The lowest BCUT2D eigenvalue weighted by Crippen LogP contribution is -2.37. The van der Waals surface area contributed by atoms with Crippen molar-refractivity contribution in [1.82, 2.24) is 0 Å². The van der Waals surface area contributed by atoms with Crippen LogP contribution in [0.4, 0.5) is 0 Å². The molecule has 2 aliphatic heterocycles. The van der Waals surface area contributed by atoms with Gasteiger partial charge in [-0.25, -0.2) is 4.99 Å². The van der Waals surface area contributed by atoms with Gasteiger partial charge in [-0.1, -0.05) is 22.0 Å². The molecule has 0 aromatic heterocycles. The van der Waals surface area contributed by atoms with Gasteiger partial charge in [0.2, 0.25) is 0 Å². The maximum atomic E-state index is 6.11. The SMILES string of the molecule is CC1(Br)C=C2C(=CC1)Oc1ccc(I)cc1[C@]21COC(N)=N1. The smallest absolute Gasteiger partial charge is 0.283 e. The van der Waals surface area contributed by atoms with Crippen molar-refractivity contribution in [1.29, 1.82) is 0 Å². The summed E-state index contributed by atoms with van der Waals surface area (Å²) in [4.78, 5) is 4.67. The molecule has 0 saturated carbocycles. The minimum absolute atomic E-state index is 0.117. The van der Waals surface area contributed by atoms with Crippen molar-refractivity contribution in [2.24, 2.45) is 10.7 Å². The van der Waals surface area contributed by atoms with Crippen LogP contribution in [0.15, 0.2) is 46.7 Å². The Morgan fingerprint density at radius 1 is 1.41 bits per heavy atom. The van der Waals surface area contributed by atoms with E-state index in [-0.39, 0.29) is 10.3 Å². The number of allylic oxidation sites excluding steroid dienone is 2. The van der Waals surface area contributed by atoms with Gasteiger partial charge in [0.15, 0.2) is 5.54 Å². The number of benzene rings is 1. The first-order valence-corrected chi connectivity index (χ1v) is 8.86. The highest BCUT2D eigenvalue weighted by molar-refractivity contribution is 14.1. The van der Waals surface area contributed by atoms with Gasteiger partial charge in [0.25, 0.3) is 6.02 Å². The number of hydrogen-bond donors (Lipinski definition) is 1. The van der Waals surface area contributed by atoms with Gasteiger partial charge in [0.1, 0.15) is 18.1 Å². The Morgan fingerprint density at radius 3 is 2.95 bits per heavy atom. The van der Waals surface area contributed by atoms with Crippen molar-refractivity contribution in [2.75, 3.05) is 6.61 Å². The molecule has 4 nitrogen and oxygen atoms in total. The quantitative estimate of drug-likeness (QED) is 0.463. The molecule has 0 amide bonds. The van der Waals surface area contributed by atoms with Crippen LogP contribution in [-0.2, 0) is 10.3 Å². The van der Waals surface area contributed by atoms with Crippen molar-refractivity contribution < 1.29 is 9.47 Å². The average molecular weight is 473 g/mol. The highest BCUT2D eigenvalue weighted by atomic mass is 127. The lowest BCUT2D eigenvalue weighted by molar-refractivity contribution is 0.251. The predicted molar refractivity (Wildman–Crippen MR) is 97.2 cm³/mol. The number of hydrogen-bond acceptors (Lipinski definition) is 4. The molecule has 1 aromatic carbocycles. The second kappa shape index (κ2) is 4.74. The number of ether oxygens (including phenoxy) is 2. The average Bonchev–Trinajstić information content (AvgIpc) is 2.84. The standard InChI is InChI=1S/C16H14BrIN2O2/c1-15(17)5-4-13-11(7-15)16(8-21-14(19)20-16)10-6-9(18)2-3-12(10)22-13/h2-4,6-7H,5,8H2,1H3,(H2,19,20)/t15?,16-/m1/s1. The van der Waals surface area contributed by atoms with E-state index in [2.05, 4.69) is 68.7 Å². The Kier molecular flexibility index (Phi) is 3.14. The van der Waals surface area contributed by atoms with E-state index in [0.717, 1.165) is 32.6 Å². The van der Waals surface area contributed by atoms with Crippen molar-refractivity contribution >= 4 is 44.5 Å². The normalized spacial score (nSPS) is 32.2. The fraction of sp³-hybridized carbons (Fsp3) is 0.312. The van der Waals surface area contributed by atoms with Crippen LogP contribution in [0.1, 0.15) is 18.9 Å². The van der Waals surface area contributed by atoms with Crippen molar-refractivity contribution in [2.45, 2.75) is 23.2 Å². The number of fused-ring (bicyclic) bond motifs is 4. The van der Waals surface area contributed by atoms with Crippen LogP contribution in [0.2, 0.25) is 0 Å². The molecule has 22 heavy (non-hydrogen) atoms. The lowest BCUT2D eigenvalue weighted by Gasteiger charge is -2.39. The number of halogens is 2. The van der Waals surface area contributed by atoms with Crippen molar-refractivity contribution in [3.8, 4) is 5.75 Å². The Hall–Kier alpha value is -1.02. The zero-order valence-electron chi connectivity index (χ0n) is 11.9. The van der Waals surface area contributed by atoms with Gasteiger partial charge in [-0.3, -0.25) is 0 Å². The molecule has 2 atom stereocenters. The number of rotatable bonds is 0. The van der Waals surface area contributed by atoms with Crippen molar-refractivity contribution in [3.63, 3.8) is 0 Å². The highest BCUT2D eigenvalue weighted by Gasteiger charge is 2.50. The first-order valence-electron chi connectivity index (χ1n) is 6.98. The number of alkyl halides is 1. The summed E-state index contributed by atoms with van der Waals surface area (Å²) in [6.07, 6.45) is 5.15. The van der Waals surface area contributed by atoms with Crippen molar-refractivity contribution in [3.05, 3.63) is 50.8 Å². The van der Waals surface area contributed by atoms with Gasteiger partial charge in [0, 0.05) is 19.0 Å². The van der Waals surface area contributed by atoms with Gasteiger partial charge < -0.3 is 15.2 Å². The van der Waals surface area contributed by atoms with Crippen LogP contribution in [-0.4, -0.2) is 17.0 Å². The lowest BCUT2D eigenvalue weighted by atomic mass is 9.77. The van der Waals surface area contributed by atoms with E-state index in [1.54, 1.807) is 0 Å². The summed E-state index contributed by atoms with van der Waals surface area (Å²) in [6.45, 7) is 2.54. The Bertz CT molecular complexity index is 769. The van der Waals surface area contributed by atoms with Crippen LogP contribution in [0.25, 0.3) is 0 Å². The monoisotopic (exact) mass is 472 g/mol. The zero-order chi connectivity index (χ0) is 15.5. The van der Waals surface area contributed by atoms with Gasteiger partial charge in [0.05, 0.1) is 0 Å². The summed E-state index contributed by atoms with van der Waals surface area (Å²) in [5.41, 5.74) is 7.27. The first-order chi connectivity index (χ1) is 10.4. The Morgan fingerprint density at radius 2 is 2.23 bits per heavy atom. The fourth-order valence-corrected chi connectivity index (χ4v) is 4.02. The van der Waals surface area contributed by atoms with E-state index in [1.165, 1.54) is 0 Å². The largest absolute Gasteiger partial charge is 0.462 e. The molecule has 0 saturated heterocycles. The second-order valence-corrected chi connectivity index (χ2v) is 9.01. The van der Waals surface area contributed by atoms with E-state index < -0.39 is 5.54 Å². The van der Waals surface area contributed by atoms with Crippen LogP contribution < -0.4 is 10.5 Å². The number of aliphatic imine (C=N–C) groups is 1. The number of nitrogens with two attached hydrogens (primary N) is 1. The molecule has 1 spiro atoms. The minimum atomic E-state index is -0.611. The second-order valence-electron chi connectivity index (χ2n) is 5.95. The molecular weight excluding hydrogens is 459 g/mol. The van der Waals surface area contributed by atoms with E-state index in [9.17, 15) is 0 Å². The molecule has 6 heteroatoms. The Balaban J connectivity index is 2.01. The summed E-state index contributed by atoms with van der Waals surface area (Å²) in [6, 6.07) is 6.35. The van der Waals surface area contributed by atoms with E-state index >= 15 is 0 Å². The molecule has 0 fully saturated rings. The van der Waals surface area contributed by atoms with Crippen LogP contribution >= 0.6 is 38.5 Å². The molecule has 2 N–H and O–H groups in total. The molecular formula is C16H14BrIN2O2. The van der Waals surface area contributed by atoms with E-state index in [1.807, 2.05) is 12.1 Å². The predicted octanol–water partition coefficient (Wildman–Crippen LogP) is 3.59. The number of amidine groups is 1. The molecule has 114 valence electrons. The third-order valence-corrected chi connectivity index (χ3v) is 5.40. The molecule has 1 aliphatic carbocycles. The summed E-state index contributed by atoms with van der Waals surface area (Å²) in [7, 11) is 0. The third-order valence-electron chi connectivity index (χ3n) is 4.18. The molecule has 0 radical (unpaired) electrons. The molecule has 2 heterocycles. The van der Waals surface area contributed by atoms with Crippen LogP contribution in [0.3, 0.4) is 0 Å². The maximum absolute atomic E-state index is 6.11. The molecule has 3 aliphatic rings.